The van der Waals surface area contributed by atoms with Crippen LogP contribution in [-0.4, -0.2) is 9.97 Å². The summed E-state index contributed by atoms with van der Waals surface area (Å²) in [6.45, 7) is 8.35. The highest BCUT2D eigenvalue weighted by molar-refractivity contribution is 6.29. The molecule has 0 atom stereocenters. The Kier molecular flexibility index (Phi) is 3.67. The molecule has 0 unspecified atom stereocenters. The van der Waals surface area contributed by atoms with Gasteiger partial charge in [0.1, 0.15) is 5.15 Å². The number of rotatable bonds is 2. The summed E-state index contributed by atoms with van der Waals surface area (Å²) >= 11 is 6.07. The third-order valence-electron chi connectivity index (χ3n) is 2.79. The smallest absolute Gasteiger partial charge is 0.161 e. The normalized spacial score (nSPS) is 11.0. The predicted octanol–water partition coefficient (Wildman–Crippen LogP) is 4.54. The molecular formula is C15H17ClN2. The van der Waals surface area contributed by atoms with Crippen molar-refractivity contribution < 1.29 is 0 Å². The van der Waals surface area contributed by atoms with E-state index >= 15 is 0 Å². The first kappa shape index (κ1) is 13.0. The Morgan fingerprint density at radius 1 is 0.944 bits per heavy atom. The molecule has 3 heteroatoms. The average molecular weight is 261 g/mol. The van der Waals surface area contributed by atoms with Crippen molar-refractivity contribution in [2.75, 3.05) is 0 Å². The number of nitrogens with zero attached hydrogens (tertiary/aromatic N) is 2. The number of aryl methyl sites for hydroxylation is 2. The van der Waals surface area contributed by atoms with E-state index in [1.54, 1.807) is 0 Å². The van der Waals surface area contributed by atoms with Gasteiger partial charge in [0.05, 0.1) is 0 Å². The largest absolute Gasteiger partial charge is 0.233 e. The Morgan fingerprint density at radius 3 is 2.11 bits per heavy atom. The minimum atomic E-state index is 0.343. The zero-order valence-corrected chi connectivity index (χ0v) is 11.9. The van der Waals surface area contributed by atoms with Gasteiger partial charge in [-0.2, -0.15) is 0 Å². The minimum absolute atomic E-state index is 0.343. The van der Waals surface area contributed by atoms with E-state index in [1.165, 1.54) is 11.1 Å². The summed E-state index contributed by atoms with van der Waals surface area (Å²) in [5.41, 5.74) is 4.42. The number of aromatic nitrogens is 2. The molecule has 1 aromatic carbocycles. The molecule has 2 rings (SSSR count). The van der Waals surface area contributed by atoms with Gasteiger partial charge in [-0.05, 0) is 38.0 Å². The summed E-state index contributed by atoms with van der Waals surface area (Å²) in [6.07, 6.45) is 0. The van der Waals surface area contributed by atoms with Crippen LogP contribution in [0.25, 0.3) is 11.4 Å². The summed E-state index contributed by atoms with van der Waals surface area (Å²) in [5, 5.41) is 0.503. The van der Waals surface area contributed by atoms with Gasteiger partial charge < -0.3 is 0 Å². The molecule has 0 amide bonds. The lowest BCUT2D eigenvalue weighted by Gasteiger charge is -2.09. The number of benzene rings is 1. The monoisotopic (exact) mass is 260 g/mol. The van der Waals surface area contributed by atoms with Gasteiger partial charge in [0, 0.05) is 11.3 Å². The molecular weight excluding hydrogens is 244 g/mol. The summed E-state index contributed by atoms with van der Waals surface area (Å²) in [4.78, 5) is 8.91. The average Bonchev–Trinajstić information content (AvgIpc) is 2.26. The van der Waals surface area contributed by atoms with Crippen LogP contribution in [0.2, 0.25) is 5.15 Å². The highest BCUT2D eigenvalue weighted by Crippen LogP contribution is 2.23. The van der Waals surface area contributed by atoms with E-state index in [-0.39, 0.29) is 0 Å². The zero-order valence-electron chi connectivity index (χ0n) is 11.2. The fourth-order valence-electron chi connectivity index (χ4n) is 1.96. The fraction of sp³-hybridized carbons (Fsp3) is 0.333. The minimum Gasteiger partial charge on any atom is -0.233 e. The van der Waals surface area contributed by atoms with Crippen LogP contribution in [0.4, 0.5) is 0 Å². The quantitative estimate of drug-likeness (QED) is 0.741. The van der Waals surface area contributed by atoms with E-state index in [0.717, 1.165) is 11.3 Å². The summed E-state index contributed by atoms with van der Waals surface area (Å²) in [6, 6.07) is 8.14. The van der Waals surface area contributed by atoms with Crippen molar-refractivity contribution in [2.24, 2.45) is 0 Å². The topological polar surface area (TPSA) is 25.8 Å². The molecule has 0 spiro atoms. The van der Waals surface area contributed by atoms with Crippen LogP contribution < -0.4 is 0 Å². The first-order valence-corrected chi connectivity index (χ1v) is 6.46. The summed E-state index contributed by atoms with van der Waals surface area (Å²) in [5.74, 6) is 1.05. The van der Waals surface area contributed by atoms with Gasteiger partial charge in [0.25, 0.3) is 0 Å². The Morgan fingerprint density at radius 2 is 1.56 bits per heavy atom. The molecule has 2 aromatic rings. The van der Waals surface area contributed by atoms with Gasteiger partial charge >= 0.3 is 0 Å². The van der Waals surface area contributed by atoms with Crippen LogP contribution in [0.5, 0.6) is 0 Å². The zero-order chi connectivity index (χ0) is 13.3. The molecule has 0 radical (unpaired) electrons. The molecule has 0 aliphatic rings. The predicted molar refractivity (Wildman–Crippen MR) is 76.0 cm³/mol. The van der Waals surface area contributed by atoms with Crippen LogP contribution >= 0.6 is 11.6 Å². The SMILES string of the molecule is Cc1cc(C)cc(-c2nc(Cl)cc(C(C)C)n2)c1. The van der Waals surface area contributed by atoms with Crippen molar-refractivity contribution >= 4 is 11.6 Å². The highest BCUT2D eigenvalue weighted by atomic mass is 35.5. The second-order valence-electron chi connectivity index (χ2n) is 4.97. The summed E-state index contributed by atoms with van der Waals surface area (Å²) < 4.78 is 0. The van der Waals surface area contributed by atoms with Crippen LogP contribution in [0.15, 0.2) is 24.3 Å². The molecule has 0 aliphatic heterocycles. The van der Waals surface area contributed by atoms with Gasteiger partial charge in [0.2, 0.25) is 0 Å². The number of halogens is 1. The van der Waals surface area contributed by atoms with E-state index in [0.29, 0.717) is 16.9 Å². The molecule has 18 heavy (non-hydrogen) atoms. The lowest BCUT2D eigenvalue weighted by atomic mass is 10.1. The standard InChI is InChI=1S/C15H17ClN2/c1-9(2)13-8-14(16)18-15(17-13)12-6-10(3)5-11(4)7-12/h5-9H,1-4H3. The van der Waals surface area contributed by atoms with E-state index in [1.807, 2.05) is 6.07 Å². The number of hydrogen-bond donors (Lipinski definition) is 0. The van der Waals surface area contributed by atoms with Crippen molar-refractivity contribution in [2.45, 2.75) is 33.6 Å². The lowest BCUT2D eigenvalue weighted by molar-refractivity contribution is 0.817. The molecule has 0 aliphatic carbocycles. The molecule has 94 valence electrons. The maximum absolute atomic E-state index is 6.07. The molecule has 0 saturated carbocycles. The summed E-state index contributed by atoms with van der Waals surface area (Å²) in [7, 11) is 0. The molecule has 0 saturated heterocycles. The Bertz CT molecular complexity index is 556. The Labute approximate surface area is 113 Å². The van der Waals surface area contributed by atoms with Crippen molar-refractivity contribution in [3.05, 3.63) is 46.2 Å². The third-order valence-corrected chi connectivity index (χ3v) is 2.98. The van der Waals surface area contributed by atoms with Crippen LogP contribution in [0.3, 0.4) is 0 Å². The second kappa shape index (κ2) is 5.07. The van der Waals surface area contributed by atoms with Crippen molar-refractivity contribution in [3.8, 4) is 11.4 Å². The molecule has 1 aromatic heterocycles. The van der Waals surface area contributed by atoms with Crippen LogP contribution in [-0.2, 0) is 0 Å². The third kappa shape index (κ3) is 2.88. The molecule has 1 heterocycles. The molecule has 0 bridgehead atoms. The Balaban J connectivity index is 2.56. The van der Waals surface area contributed by atoms with E-state index < -0.39 is 0 Å². The van der Waals surface area contributed by atoms with Crippen LogP contribution in [0, 0.1) is 13.8 Å². The number of hydrogen-bond acceptors (Lipinski definition) is 2. The first-order chi connectivity index (χ1) is 8.45. The lowest BCUT2D eigenvalue weighted by Crippen LogP contribution is -1.98. The van der Waals surface area contributed by atoms with Gasteiger partial charge in [-0.15, -0.1) is 0 Å². The van der Waals surface area contributed by atoms with E-state index in [2.05, 4.69) is 55.9 Å². The van der Waals surface area contributed by atoms with Gasteiger partial charge in [-0.25, -0.2) is 9.97 Å². The van der Waals surface area contributed by atoms with Gasteiger partial charge in [-0.3, -0.25) is 0 Å². The maximum Gasteiger partial charge on any atom is 0.161 e. The van der Waals surface area contributed by atoms with Crippen molar-refractivity contribution in [1.29, 1.82) is 0 Å². The van der Waals surface area contributed by atoms with E-state index in [9.17, 15) is 0 Å². The highest BCUT2D eigenvalue weighted by Gasteiger charge is 2.09. The van der Waals surface area contributed by atoms with Gasteiger partial charge in [0.15, 0.2) is 5.82 Å². The molecule has 0 fully saturated rings. The first-order valence-electron chi connectivity index (χ1n) is 6.09. The molecule has 0 N–H and O–H groups in total. The van der Waals surface area contributed by atoms with Crippen molar-refractivity contribution in [1.82, 2.24) is 9.97 Å². The molecule has 2 nitrogen and oxygen atoms in total. The maximum atomic E-state index is 6.07. The van der Waals surface area contributed by atoms with Gasteiger partial charge in [-0.1, -0.05) is 42.6 Å². The van der Waals surface area contributed by atoms with Crippen molar-refractivity contribution in [3.63, 3.8) is 0 Å². The second-order valence-corrected chi connectivity index (χ2v) is 5.36. The van der Waals surface area contributed by atoms with E-state index in [4.69, 9.17) is 11.6 Å². The Hall–Kier alpha value is -1.41. The van der Waals surface area contributed by atoms with Crippen LogP contribution in [0.1, 0.15) is 36.6 Å². The fourth-order valence-corrected chi connectivity index (χ4v) is 2.16.